The predicted octanol–water partition coefficient (Wildman–Crippen LogP) is 2.70. The third-order valence-corrected chi connectivity index (χ3v) is 8.90. The number of nitrogens with one attached hydrogen (secondary N) is 1. The van der Waals surface area contributed by atoms with Crippen LogP contribution in [0, 0.1) is 13.8 Å². The van der Waals surface area contributed by atoms with Gasteiger partial charge in [-0.2, -0.15) is 5.10 Å². The normalized spacial score (nSPS) is 25.4. The van der Waals surface area contributed by atoms with Gasteiger partial charge in [-0.25, -0.2) is 8.42 Å². The Bertz CT molecular complexity index is 945. The minimum atomic E-state index is -2.96. The number of hydrogen-bond acceptors (Lipinski definition) is 6. The second-order valence-corrected chi connectivity index (χ2v) is 10.8. The number of rotatable bonds is 2. The van der Waals surface area contributed by atoms with Crippen LogP contribution in [0.4, 0.5) is 5.69 Å². The van der Waals surface area contributed by atoms with Crippen molar-refractivity contribution in [2.75, 3.05) is 22.6 Å². The van der Waals surface area contributed by atoms with E-state index in [0.29, 0.717) is 12.2 Å². The van der Waals surface area contributed by atoms with Crippen LogP contribution in [0.3, 0.4) is 0 Å². The van der Waals surface area contributed by atoms with E-state index in [1.807, 2.05) is 30.0 Å². The van der Waals surface area contributed by atoms with Gasteiger partial charge in [0.15, 0.2) is 9.84 Å². The first kappa shape index (κ1) is 17.1. The van der Waals surface area contributed by atoms with Crippen LogP contribution in [-0.2, 0) is 14.6 Å². The minimum Gasteiger partial charge on any atom is -0.324 e. The second-order valence-electron chi connectivity index (χ2n) is 6.52. The molecule has 2 aliphatic heterocycles. The molecule has 134 valence electrons. The lowest BCUT2D eigenvalue weighted by atomic mass is 10.1. The largest absolute Gasteiger partial charge is 0.324 e. The van der Waals surface area contributed by atoms with Crippen molar-refractivity contribution in [3.63, 3.8) is 0 Å². The van der Waals surface area contributed by atoms with Gasteiger partial charge in [-0.05, 0) is 31.7 Å². The Labute approximate surface area is 154 Å². The number of carbonyl (C=O) groups excluding carboxylic acids is 1. The molecule has 1 amide bonds. The number of hydrogen-bond donors (Lipinski definition) is 1. The van der Waals surface area contributed by atoms with Gasteiger partial charge in [0, 0.05) is 16.1 Å². The molecule has 2 aliphatic rings. The number of anilines is 1. The van der Waals surface area contributed by atoms with Gasteiger partial charge >= 0.3 is 0 Å². The Balaban J connectivity index is 1.76. The van der Waals surface area contributed by atoms with Crippen molar-refractivity contribution in [1.29, 1.82) is 0 Å². The highest BCUT2D eigenvalue weighted by atomic mass is 32.2. The standard InChI is InChI=1S/C16H19N3O3S3/c1-9-14(10(2)19(18-9)11-4-6-25(21,22)8-11)16-15-12(3-5-23-15)17-13(20)7-24-16/h3,5,11,16H,4,6-8H2,1-2H3,(H,17,20)/t11-,16+/m1/s1. The highest BCUT2D eigenvalue weighted by molar-refractivity contribution is 8.00. The number of thiophene rings is 1. The third kappa shape index (κ3) is 3.02. The lowest BCUT2D eigenvalue weighted by molar-refractivity contribution is -0.113. The van der Waals surface area contributed by atoms with Gasteiger partial charge in [0.05, 0.1) is 39.9 Å². The molecule has 0 aromatic carbocycles. The maximum atomic E-state index is 12.0. The summed E-state index contributed by atoms with van der Waals surface area (Å²) in [5.74, 6) is 0.804. The van der Waals surface area contributed by atoms with Crippen molar-refractivity contribution in [3.8, 4) is 0 Å². The Morgan fingerprint density at radius 1 is 1.36 bits per heavy atom. The maximum absolute atomic E-state index is 12.0. The molecule has 4 heterocycles. The van der Waals surface area contributed by atoms with Crippen molar-refractivity contribution >= 4 is 44.5 Å². The van der Waals surface area contributed by atoms with Crippen LogP contribution >= 0.6 is 23.1 Å². The minimum absolute atomic E-state index is 0.0109. The van der Waals surface area contributed by atoms with E-state index >= 15 is 0 Å². The molecule has 2 atom stereocenters. The number of aromatic nitrogens is 2. The Kier molecular flexibility index (Phi) is 4.20. The van der Waals surface area contributed by atoms with Gasteiger partial charge in [-0.1, -0.05) is 0 Å². The molecule has 2 aromatic heterocycles. The van der Waals surface area contributed by atoms with Crippen molar-refractivity contribution in [2.24, 2.45) is 0 Å². The summed E-state index contributed by atoms with van der Waals surface area (Å²) >= 11 is 3.24. The summed E-state index contributed by atoms with van der Waals surface area (Å²) in [6.07, 6.45) is 0.617. The van der Waals surface area contributed by atoms with Gasteiger partial charge in [-0.3, -0.25) is 9.48 Å². The van der Waals surface area contributed by atoms with Gasteiger partial charge in [0.2, 0.25) is 5.91 Å². The van der Waals surface area contributed by atoms with E-state index in [4.69, 9.17) is 0 Å². The van der Waals surface area contributed by atoms with E-state index in [-0.39, 0.29) is 28.7 Å². The highest BCUT2D eigenvalue weighted by Gasteiger charge is 2.34. The molecule has 0 radical (unpaired) electrons. The first-order valence-corrected chi connectivity index (χ1v) is 11.9. The summed E-state index contributed by atoms with van der Waals surface area (Å²) in [7, 11) is -2.96. The van der Waals surface area contributed by atoms with E-state index in [9.17, 15) is 13.2 Å². The molecule has 0 bridgehead atoms. The number of fused-ring (bicyclic) bond motifs is 1. The summed E-state index contributed by atoms with van der Waals surface area (Å²) in [5, 5.41) is 9.67. The third-order valence-electron chi connectivity index (χ3n) is 4.79. The number of thioether (sulfide) groups is 1. The average Bonchev–Trinajstić information content (AvgIpc) is 3.18. The first-order chi connectivity index (χ1) is 11.9. The first-order valence-electron chi connectivity index (χ1n) is 8.10. The molecule has 0 aliphatic carbocycles. The smallest absolute Gasteiger partial charge is 0.234 e. The Morgan fingerprint density at radius 2 is 2.16 bits per heavy atom. The van der Waals surface area contributed by atoms with Crippen LogP contribution in [0.2, 0.25) is 0 Å². The van der Waals surface area contributed by atoms with Crippen LogP contribution in [0.1, 0.15) is 39.5 Å². The monoisotopic (exact) mass is 397 g/mol. The molecule has 0 unspecified atom stereocenters. The predicted molar refractivity (Wildman–Crippen MR) is 101 cm³/mol. The summed E-state index contributed by atoms with van der Waals surface area (Å²) in [6, 6.07) is 1.85. The molecular weight excluding hydrogens is 378 g/mol. The summed E-state index contributed by atoms with van der Waals surface area (Å²) < 4.78 is 25.6. The molecule has 1 fully saturated rings. The molecule has 25 heavy (non-hydrogen) atoms. The molecular formula is C16H19N3O3S3. The van der Waals surface area contributed by atoms with E-state index in [1.165, 1.54) is 0 Å². The number of carbonyl (C=O) groups is 1. The second kappa shape index (κ2) is 6.14. The average molecular weight is 398 g/mol. The fourth-order valence-corrected chi connectivity index (χ4v) is 7.72. The number of amides is 1. The zero-order chi connectivity index (χ0) is 17.8. The van der Waals surface area contributed by atoms with Crippen molar-refractivity contribution < 1.29 is 13.2 Å². The Morgan fingerprint density at radius 3 is 2.88 bits per heavy atom. The van der Waals surface area contributed by atoms with Crippen LogP contribution in [0.15, 0.2) is 11.4 Å². The molecule has 0 saturated carbocycles. The fraction of sp³-hybridized carbons (Fsp3) is 0.500. The molecule has 0 spiro atoms. The van der Waals surface area contributed by atoms with Crippen LogP contribution < -0.4 is 5.32 Å². The topological polar surface area (TPSA) is 81.1 Å². The molecule has 6 nitrogen and oxygen atoms in total. The van der Waals surface area contributed by atoms with E-state index in [0.717, 1.165) is 27.5 Å². The molecule has 4 rings (SSSR count). The van der Waals surface area contributed by atoms with Gasteiger partial charge in [0.1, 0.15) is 0 Å². The van der Waals surface area contributed by atoms with Crippen molar-refractivity contribution in [3.05, 3.63) is 33.3 Å². The summed E-state index contributed by atoms with van der Waals surface area (Å²) in [5.41, 5.74) is 3.90. The molecule has 1 N–H and O–H groups in total. The Hall–Kier alpha value is -1.32. The number of sulfone groups is 1. The summed E-state index contributed by atoms with van der Waals surface area (Å²) in [4.78, 5) is 13.1. The van der Waals surface area contributed by atoms with E-state index in [1.54, 1.807) is 23.1 Å². The van der Waals surface area contributed by atoms with Gasteiger partial charge in [-0.15, -0.1) is 23.1 Å². The van der Waals surface area contributed by atoms with Crippen molar-refractivity contribution in [2.45, 2.75) is 31.6 Å². The zero-order valence-corrected chi connectivity index (χ0v) is 16.4. The van der Waals surface area contributed by atoms with Crippen LogP contribution in [0.5, 0.6) is 0 Å². The number of aryl methyl sites for hydroxylation is 1. The lowest BCUT2D eigenvalue weighted by Crippen LogP contribution is -2.14. The van der Waals surface area contributed by atoms with E-state index < -0.39 is 9.84 Å². The van der Waals surface area contributed by atoms with Crippen molar-refractivity contribution in [1.82, 2.24) is 9.78 Å². The quantitative estimate of drug-likeness (QED) is 0.843. The summed E-state index contributed by atoms with van der Waals surface area (Å²) in [6.45, 7) is 3.98. The van der Waals surface area contributed by atoms with Crippen LogP contribution in [0.25, 0.3) is 0 Å². The van der Waals surface area contributed by atoms with E-state index in [2.05, 4.69) is 10.4 Å². The molecule has 2 aromatic rings. The van der Waals surface area contributed by atoms with Gasteiger partial charge in [0.25, 0.3) is 0 Å². The van der Waals surface area contributed by atoms with Gasteiger partial charge < -0.3 is 5.32 Å². The highest BCUT2D eigenvalue weighted by Crippen LogP contribution is 2.46. The molecule has 9 heteroatoms. The molecule has 1 saturated heterocycles. The zero-order valence-electron chi connectivity index (χ0n) is 14.0. The number of nitrogens with zero attached hydrogens (tertiary/aromatic N) is 2. The SMILES string of the molecule is Cc1nn([C@@H]2CCS(=O)(=O)C2)c(C)c1[C@@H]1SCC(=O)Nc2ccsc21. The lowest BCUT2D eigenvalue weighted by Gasteiger charge is -2.16. The maximum Gasteiger partial charge on any atom is 0.234 e. The van der Waals surface area contributed by atoms with Crippen LogP contribution in [-0.4, -0.2) is 41.4 Å². The fourth-order valence-electron chi connectivity index (χ4n) is 3.64.